The van der Waals surface area contributed by atoms with Gasteiger partial charge in [-0.15, -0.1) is 0 Å². The van der Waals surface area contributed by atoms with Crippen molar-refractivity contribution in [3.63, 3.8) is 0 Å². The summed E-state index contributed by atoms with van der Waals surface area (Å²) in [5.74, 6) is 1.90. The van der Waals surface area contributed by atoms with Gasteiger partial charge in [-0.05, 0) is 58.3 Å². The van der Waals surface area contributed by atoms with Gasteiger partial charge in [0.15, 0.2) is 0 Å². The summed E-state index contributed by atoms with van der Waals surface area (Å²) in [6, 6.07) is 0. The Hall–Kier alpha value is -0.900. The summed E-state index contributed by atoms with van der Waals surface area (Å²) < 4.78 is 5.93. The summed E-state index contributed by atoms with van der Waals surface area (Å²) in [5, 5.41) is 0. The summed E-state index contributed by atoms with van der Waals surface area (Å²) >= 11 is 0. The van der Waals surface area contributed by atoms with E-state index in [1.807, 2.05) is 6.92 Å². The predicted molar refractivity (Wildman–Crippen MR) is 88.7 cm³/mol. The van der Waals surface area contributed by atoms with E-state index in [-0.39, 0.29) is 19.1 Å². The average Bonchev–Trinajstić information content (AvgIpc) is 2.83. The Morgan fingerprint density at radius 1 is 1.32 bits per heavy atom. The fourth-order valence-electron chi connectivity index (χ4n) is 3.63. The van der Waals surface area contributed by atoms with Gasteiger partial charge in [-0.25, -0.2) is 0 Å². The summed E-state index contributed by atoms with van der Waals surface area (Å²) in [4.78, 5) is 23.1. The number of likely N-dealkylation sites (tertiary alicyclic amines) is 1. The lowest BCUT2D eigenvalue weighted by atomic mass is 10.0. The van der Waals surface area contributed by atoms with Crippen molar-refractivity contribution in [2.24, 2.45) is 11.8 Å². The number of amides is 1. The quantitative estimate of drug-likeness (QED) is 0.747. The van der Waals surface area contributed by atoms with E-state index in [0.29, 0.717) is 12.3 Å². The Balaban J connectivity index is 0.000000562. The Kier molecular flexibility index (Phi) is 7.04. The third kappa shape index (κ3) is 5.08. The van der Waals surface area contributed by atoms with E-state index in [4.69, 9.17) is 9.53 Å². The van der Waals surface area contributed by atoms with Crippen molar-refractivity contribution in [2.75, 3.05) is 13.1 Å². The first-order valence-electron chi connectivity index (χ1n) is 8.33. The molecule has 0 aromatic rings. The summed E-state index contributed by atoms with van der Waals surface area (Å²) in [6.07, 6.45) is 7.73. The lowest BCUT2D eigenvalue weighted by Gasteiger charge is -2.22. The van der Waals surface area contributed by atoms with Gasteiger partial charge in [0.1, 0.15) is 6.29 Å². The highest BCUT2D eigenvalue weighted by atomic mass is 16.5. The second-order valence-electron chi connectivity index (χ2n) is 7.07. The SMILES string of the molecule is C.CC=O.C[C@H](CC(=O)N1CC2CCCC2C1)OC1(C)CC1. The van der Waals surface area contributed by atoms with Crippen LogP contribution in [0.1, 0.15) is 66.7 Å². The van der Waals surface area contributed by atoms with E-state index in [9.17, 15) is 4.79 Å². The second-order valence-corrected chi connectivity index (χ2v) is 7.07. The normalized spacial score (nSPS) is 28.8. The number of carbonyl (C=O) groups is 2. The zero-order valence-corrected chi connectivity index (χ0v) is 13.6. The molecule has 4 heteroatoms. The monoisotopic (exact) mass is 311 g/mol. The van der Waals surface area contributed by atoms with Gasteiger partial charge >= 0.3 is 0 Å². The van der Waals surface area contributed by atoms with Crippen molar-refractivity contribution < 1.29 is 14.3 Å². The lowest BCUT2D eigenvalue weighted by molar-refractivity contribution is -0.134. The molecule has 3 fully saturated rings. The summed E-state index contributed by atoms with van der Waals surface area (Å²) in [6.45, 7) is 7.65. The smallest absolute Gasteiger partial charge is 0.225 e. The Morgan fingerprint density at radius 3 is 2.27 bits per heavy atom. The van der Waals surface area contributed by atoms with Crippen molar-refractivity contribution in [2.45, 2.75) is 78.4 Å². The van der Waals surface area contributed by atoms with Crippen LogP contribution >= 0.6 is 0 Å². The molecule has 1 amide bonds. The van der Waals surface area contributed by atoms with Crippen LogP contribution in [0.25, 0.3) is 0 Å². The van der Waals surface area contributed by atoms with Crippen LogP contribution in [0.15, 0.2) is 0 Å². The van der Waals surface area contributed by atoms with Crippen LogP contribution in [0.5, 0.6) is 0 Å². The van der Waals surface area contributed by atoms with Gasteiger partial charge in [0, 0.05) is 13.1 Å². The number of nitrogens with zero attached hydrogens (tertiary/aromatic N) is 1. The molecule has 3 rings (SSSR count). The molecular formula is C18H33NO3. The largest absolute Gasteiger partial charge is 0.372 e. The zero-order chi connectivity index (χ0) is 15.5. The molecule has 2 saturated carbocycles. The van der Waals surface area contributed by atoms with Crippen LogP contribution in [0.4, 0.5) is 0 Å². The number of aldehydes is 1. The minimum atomic E-state index is 0. The molecule has 0 radical (unpaired) electrons. The fourth-order valence-corrected chi connectivity index (χ4v) is 3.63. The summed E-state index contributed by atoms with van der Waals surface area (Å²) in [7, 11) is 0. The van der Waals surface area contributed by atoms with Crippen molar-refractivity contribution in [3.05, 3.63) is 0 Å². The molecule has 4 nitrogen and oxygen atoms in total. The maximum absolute atomic E-state index is 12.2. The number of hydrogen-bond acceptors (Lipinski definition) is 3. The van der Waals surface area contributed by atoms with Crippen LogP contribution in [0.3, 0.4) is 0 Å². The highest BCUT2D eigenvalue weighted by molar-refractivity contribution is 5.77. The first-order chi connectivity index (χ1) is 9.97. The maximum Gasteiger partial charge on any atom is 0.225 e. The molecule has 2 unspecified atom stereocenters. The molecule has 3 aliphatic rings. The van der Waals surface area contributed by atoms with Crippen LogP contribution < -0.4 is 0 Å². The van der Waals surface area contributed by atoms with Gasteiger partial charge in [0.05, 0.1) is 18.1 Å². The molecule has 0 N–H and O–H groups in total. The van der Waals surface area contributed by atoms with Crippen LogP contribution in [-0.2, 0) is 14.3 Å². The predicted octanol–water partition coefficient (Wildman–Crippen LogP) is 3.43. The molecule has 3 atom stereocenters. The first kappa shape index (κ1) is 19.1. The third-order valence-electron chi connectivity index (χ3n) is 4.98. The van der Waals surface area contributed by atoms with E-state index in [2.05, 4.69) is 11.8 Å². The number of hydrogen-bond donors (Lipinski definition) is 0. The van der Waals surface area contributed by atoms with Gasteiger partial charge in [0.2, 0.25) is 5.91 Å². The van der Waals surface area contributed by atoms with E-state index in [1.54, 1.807) is 0 Å². The Labute approximate surface area is 135 Å². The van der Waals surface area contributed by atoms with E-state index in [1.165, 1.54) is 26.2 Å². The van der Waals surface area contributed by atoms with Gasteiger partial charge in [-0.2, -0.15) is 0 Å². The number of ether oxygens (including phenoxy) is 1. The van der Waals surface area contributed by atoms with Crippen molar-refractivity contribution in [1.29, 1.82) is 0 Å². The Bertz CT molecular complexity index is 367. The van der Waals surface area contributed by atoms with Gasteiger partial charge < -0.3 is 14.4 Å². The van der Waals surface area contributed by atoms with Crippen LogP contribution in [0.2, 0.25) is 0 Å². The lowest BCUT2D eigenvalue weighted by Crippen LogP contribution is -2.33. The van der Waals surface area contributed by atoms with Crippen molar-refractivity contribution in [3.8, 4) is 0 Å². The second kappa shape index (κ2) is 8.09. The molecule has 1 saturated heterocycles. The standard InChI is InChI=1S/C15H25NO2.C2H4O.CH4/c1-11(18-15(2)6-7-15)8-14(17)16-9-12-4-3-5-13(12)10-16;1-2-3;/h11-13H,3-10H2,1-2H3;2H,1H3;1H4/t11-,12?,13?;;/m1../s1. The molecule has 0 aromatic carbocycles. The number of fused-ring (bicyclic) bond motifs is 1. The van der Waals surface area contributed by atoms with Crippen molar-refractivity contribution >= 4 is 12.2 Å². The van der Waals surface area contributed by atoms with Gasteiger partial charge in [-0.3, -0.25) is 4.79 Å². The van der Waals surface area contributed by atoms with E-state index < -0.39 is 0 Å². The molecule has 2 aliphatic carbocycles. The molecule has 1 heterocycles. The Morgan fingerprint density at radius 2 is 1.82 bits per heavy atom. The number of carbonyl (C=O) groups excluding carboxylic acids is 2. The number of rotatable bonds is 4. The van der Waals surface area contributed by atoms with E-state index in [0.717, 1.165) is 44.1 Å². The molecule has 22 heavy (non-hydrogen) atoms. The third-order valence-corrected chi connectivity index (χ3v) is 4.98. The zero-order valence-electron chi connectivity index (χ0n) is 13.6. The molecule has 128 valence electrons. The van der Waals surface area contributed by atoms with Crippen LogP contribution in [0, 0.1) is 11.8 Å². The van der Waals surface area contributed by atoms with Gasteiger partial charge in [0.25, 0.3) is 0 Å². The minimum Gasteiger partial charge on any atom is -0.372 e. The first-order valence-corrected chi connectivity index (χ1v) is 8.33. The molecule has 0 aromatic heterocycles. The topological polar surface area (TPSA) is 46.6 Å². The van der Waals surface area contributed by atoms with Crippen molar-refractivity contribution in [1.82, 2.24) is 4.90 Å². The highest BCUT2D eigenvalue weighted by Crippen LogP contribution is 2.40. The average molecular weight is 311 g/mol. The van der Waals surface area contributed by atoms with Crippen LogP contribution in [-0.4, -0.2) is 41.9 Å². The highest BCUT2D eigenvalue weighted by Gasteiger charge is 2.41. The molecule has 1 aliphatic heterocycles. The molecular weight excluding hydrogens is 278 g/mol. The molecule has 0 spiro atoms. The maximum atomic E-state index is 12.2. The van der Waals surface area contributed by atoms with E-state index >= 15 is 0 Å². The molecule has 0 bridgehead atoms. The minimum absolute atomic E-state index is 0. The summed E-state index contributed by atoms with van der Waals surface area (Å²) in [5.41, 5.74) is 0.0845. The fraction of sp³-hybridized carbons (Fsp3) is 0.889. The van der Waals surface area contributed by atoms with Gasteiger partial charge in [-0.1, -0.05) is 13.8 Å².